The van der Waals surface area contributed by atoms with Gasteiger partial charge in [-0.3, -0.25) is 0 Å². The van der Waals surface area contributed by atoms with Gasteiger partial charge in [0.1, 0.15) is 0 Å². The molecule has 3 rings (SSSR count). The fourth-order valence-corrected chi connectivity index (χ4v) is 4.19. The maximum Gasteiger partial charge on any atom is 0.185 e. The molecule has 0 spiro atoms. The first-order valence-corrected chi connectivity index (χ1v) is 8.13. The van der Waals surface area contributed by atoms with Crippen molar-refractivity contribution < 1.29 is 4.74 Å². The van der Waals surface area contributed by atoms with Crippen molar-refractivity contribution in [3.05, 3.63) is 10.6 Å². The molecule has 2 aliphatic rings. The number of nitrogens with zero attached hydrogens (tertiary/aromatic N) is 2. The molecule has 0 bridgehead atoms. The Morgan fingerprint density at radius 1 is 1.42 bits per heavy atom. The molecule has 4 nitrogen and oxygen atoms in total. The number of fused-ring (bicyclic) bond motifs is 1. The van der Waals surface area contributed by atoms with Crippen LogP contribution >= 0.6 is 11.3 Å². The Kier molecular flexibility index (Phi) is 4.05. The minimum Gasteiger partial charge on any atom is -0.377 e. The lowest BCUT2D eigenvalue weighted by Crippen LogP contribution is -2.30. The van der Waals surface area contributed by atoms with Gasteiger partial charge in [-0.2, -0.15) is 0 Å². The fraction of sp³-hybridized carbons (Fsp3) is 0.786. The number of rotatable bonds is 2. The highest BCUT2D eigenvalue weighted by Gasteiger charge is 2.26. The third kappa shape index (κ3) is 2.78. The molecule has 106 valence electrons. The first kappa shape index (κ1) is 13.3. The van der Waals surface area contributed by atoms with Gasteiger partial charge in [0.25, 0.3) is 0 Å². The minimum atomic E-state index is 0.309. The maximum absolute atomic E-state index is 5.72. The zero-order valence-corrected chi connectivity index (χ0v) is 12.6. The molecule has 19 heavy (non-hydrogen) atoms. The van der Waals surface area contributed by atoms with Crippen LogP contribution in [0.3, 0.4) is 0 Å². The smallest absolute Gasteiger partial charge is 0.185 e. The summed E-state index contributed by atoms with van der Waals surface area (Å²) in [6.45, 7) is 5.07. The molecule has 1 aromatic heterocycles. The lowest BCUT2D eigenvalue weighted by atomic mass is 9.98. The van der Waals surface area contributed by atoms with Gasteiger partial charge in [-0.25, -0.2) is 4.98 Å². The second kappa shape index (κ2) is 5.77. The zero-order chi connectivity index (χ0) is 13.2. The van der Waals surface area contributed by atoms with Crippen LogP contribution in [0.15, 0.2) is 0 Å². The van der Waals surface area contributed by atoms with Gasteiger partial charge in [0.2, 0.25) is 0 Å². The molecule has 2 heterocycles. The van der Waals surface area contributed by atoms with Gasteiger partial charge < -0.3 is 15.0 Å². The van der Waals surface area contributed by atoms with Gasteiger partial charge in [0.05, 0.1) is 17.8 Å². The normalized spacial score (nSPS) is 28.0. The summed E-state index contributed by atoms with van der Waals surface area (Å²) in [7, 11) is 2.04. The average Bonchev–Trinajstić information content (AvgIpc) is 2.74. The van der Waals surface area contributed by atoms with E-state index in [1.807, 2.05) is 18.4 Å². The Morgan fingerprint density at radius 3 is 3.16 bits per heavy atom. The number of aryl methyl sites for hydroxylation is 1. The molecule has 0 radical (unpaired) electrons. The van der Waals surface area contributed by atoms with Crippen LogP contribution in [0.1, 0.15) is 42.8 Å². The standard InChI is InChI=1S/C14H23N3OS/c1-10-9-17(7-4-8-18-10)14-16-13-11(15-2)5-3-6-12(13)19-14/h10-11,15H,3-9H2,1-2H3. The predicted octanol–water partition coefficient (Wildman–Crippen LogP) is 2.36. The Morgan fingerprint density at radius 2 is 2.32 bits per heavy atom. The van der Waals surface area contributed by atoms with Gasteiger partial charge in [-0.15, -0.1) is 11.3 Å². The lowest BCUT2D eigenvalue weighted by molar-refractivity contribution is 0.0821. The number of thiazole rings is 1. The van der Waals surface area contributed by atoms with Crippen LogP contribution in [0, 0.1) is 0 Å². The van der Waals surface area contributed by atoms with E-state index in [1.54, 1.807) is 0 Å². The molecule has 1 saturated heterocycles. The summed E-state index contributed by atoms with van der Waals surface area (Å²) in [5.41, 5.74) is 1.30. The van der Waals surface area contributed by atoms with Gasteiger partial charge >= 0.3 is 0 Å². The molecule has 2 atom stereocenters. The molecule has 1 aromatic rings. The molecule has 0 amide bonds. The van der Waals surface area contributed by atoms with Crippen LogP contribution in [-0.4, -0.2) is 37.8 Å². The van der Waals surface area contributed by atoms with Crippen LogP contribution in [-0.2, 0) is 11.2 Å². The van der Waals surface area contributed by atoms with E-state index in [0.717, 1.165) is 26.1 Å². The third-order valence-corrected chi connectivity index (χ3v) is 5.21. The van der Waals surface area contributed by atoms with Crippen molar-refractivity contribution in [1.29, 1.82) is 0 Å². The third-order valence-electron chi connectivity index (χ3n) is 4.01. The van der Waals surface area contributed by atoms with E-state index in [2.05, 4.69) is 17.1 Å². The molecule has 1 aliphatic carbocycles. The summed E-state index contributed by atoms with van der Waals surface area (Å²) in [6, 6.07) is 0.453. The van der Waals surface area contributed by atoms with E-state index in [9.17, 15) is 0 Å². The number of hydrogen-bond donors (Lipinski definition) is 1. The first-order chi connectivity index (χ1) is 9.28. The zero-order valence-electron chi connectivity index (χ0n) is 11.8. The monoisotopic (exact) mass is 281 g/mol. The molecule has 5 heteroatoms. The second-order valence-electron chi connectivity index (χ2n) is 5.52. The van der Waals surface area contributed by atoms with Crippen molar-refractivity contribution in [2.24, 2.45) is 0 Å². The van der Waals surface area contributed by atoms with Crippen LogP contribution in [0.25, 0.3) is 0 Å². The molecule has 1 aliphatic heterocycles. The van der Waals surface area contributed by atoms with Crippen molar-refractivity contribution in [2.45, 2.75) is 44.8 Å². The van der Waals surface area contributed by atoms with E-state index in [-0.39, 0.29) is 0 Å². The largest absolute Gasteiger partial charge is 0.377 e. The fourth-order valence-electron chi connectivity index (χ4n) is 2.99. The maximum atomic E-state index is 5.72. The summed E-state index contributed by atoms with van der Waals surface area (Å²) in [5.74, 6) is 0. The molecular formula is C14H23N3OS. The van der Waals surface area contributed by atoms with Crippen molar-refractivity contribution >= 4 is 16.5 Å². The van der Waals surface area contributed by atoms with Crippen LogP contribution < -0.4 is 10.2 Å². The van der Waals surface area contributed by atoms with E-state index in [1.165, 1.54) is 35.0 Å². The highest BCUT2D eigenvalue weighted by molar-refractivity contribution is 7.15. The molecule has 1 N–H and O–H groups in total. The predicted molar refractivity (Wildman–Crippen MR) is 79.1 cm³/mol. The van der Waals surface area contributed by atoms with E-state index < -0.39 is 0 Å². The Balaban J connectivity index is 1.83. The average molecular weight is 281 g/mol. The van der Waals surface area contributed by atoms with Gasteiger partial charge in [-0.05, 0) is 39.7 Å². The van der Waals surface area contributed by atoms with E-state index >= 15 is 0 Å². The molecule has 0 saturated carbocycles. The topological polar surface area (TPSA) is 37.4 Å². The van der Waals surface area contributed by atoms with Crippen LogP contribution in [0.5, 0.6) is 0 Å². The first-order valence-electron chi connectivity index (χ1n) is 7.31. The Hall–Kier alpha value is -0.650. The quantitative estimate of drug-likeness (QED) is 0.903. The van der Waals surface area contributed by atoms with Gasteiger partial charge in [-0.1, -0.05) is 0 Å². The number of hydrogen-bond acceptors (Lipinski definition) is 5. The van der Waals surface area contributed by atoms with Crippen molar-refractivity contribution in [1.82, 2.24) is 10.3 Å². The highest BCUT2D eigenvalue weighted by Crippen LogP contribution is 2.36. The van der Waals surface area contributed by atoms with E-state index in [0.29, 0.717) is 12.1 Å². The van der Waals surface area contributed by atoms with Crippen LogP contribution in [0.2, 0.25) is 0 Å². The highest BCUT2D eigenvalue weighted by atomic mass is 32.1. The Bertz CT molecular complexity index is 434. The van der Waals surface area contributed by atoms with Crippen molar-refractivity contribution in [3.8, 4) is 0 Å². The Labute approximate surface area is 119 Å². The summed E-state index contributed by atoms with van der Waals surface area (Å²) >= 11 is 1.89. The summed E-state index contributed by atoms with van der Waals surface area (Å²) in [4.78, 5) is 8.82. The molecule has 1 fully saturated rings. The summed E-state index contributed by atoms with van der Waals surface area (Å²) in [5, 5.41) is 4.60. The summed E-state index contributed by atoms with van der Waals surface area (Å²) in [6.07, 6.45) is 5.10. The van der Waals surface area contributed by atoms with Crippen molar-refractivity contribution in [2.75, 3.05) is 31.6 Å². The number of aromatic nitrogens is 1. The van der Waals surface area contributed by atoms with E-state index in [4.69, 9.17) is 9.72 Å². The lowest BCUT2D eigenvalue weighted by Gasteiger charge is -2.21. The molecule has 2 unspecified atom stereocenters. The van der Waals surface area contributed by atoms with Gasteiger partial charge in [0.15, 0.2) is 5.13 Å². The number of ether oxygens (including phenoxy) is 1. The number of anilines is 1. The summed E-state index contributed by atoms with van der Waals surface area (Å²) < 4.78 is 5.72. The number of nitrogens with one attached hydrogen (secondary N) is 1. The van der Waals surface area contributed by atoms with Crippen LogP contribution in [0.4, 0.5) is 5.13 Å². The van der Waals surface area contributed by atoms with Crippen molar-refractivity contribution in [3.63, 3.8) is 0 Å². The molecular weight excluding hydrogens is 258 g/mol. The van der Waals surface area contributed by atoms with Gasteiger partial charge in [0, 0.05) is 24.6 Å². The SMILES string of the molecule is CNC1CCCc2sc(N3CCCOC(C)C3)nc21. The minimum absolute atomic E-state index is 0.309. The molecule has 0 aromatic carbocycles. The second-order valence-corrected chi connectivity index (χ2v) is 6.58.